The fourth-order valence-corrected chi connectivity index (χ4v) is 1.77. The van der Waals surface area contributed by atoms with Crippen LogP contribution >= 0.6 is 28.3 Å². The lowest BCUT2D eigenvalue weighted by atomic mass is 10.0. The maximum absolute atomic E-state index is 9.60. The molecule has 1 aromatic carbocycles. The van der Waals surface area contributed by atoms with E-state index in [1.165, 1.54) is 7.11 Å². The molecule has 0 fully saturated rings. The van der Waals surface area contributed by atoms with Crippen molar-refractivity contribution in [3.8, 4) is 11.5 Å². The summed E-state index contributed by atoms with van der Waals surface area (Å²) < 4.78 is 5.60. The number of hydrogen-bond donors (Lipinski definition) is 3. The Balaban J connectivity index is 0.00000225. The fraction of sp³-hybridized carbons (Fsp3) is 0.400. The molecule has 5 N–H and O–H groups in total. The van der Waals surface area contributed by atoms with Crippen LogP contribution in [0.4, 0.5) is 0 Å². The Morgan fingerprint density at radius 1 is 1.50 bits per heavy atom. The molecule has 0 saturated heterocycles. The molecular weight excluding hydrogens is 295 g/mol. The van der Waals surface area contributed by atoms with Crippen LogP contribution in [0.2, 0.25) is 0 Å². The Morgan fingerprint density at radius 3 is 2.62 bits per heavy atom. The molecule has 0 amide bonds. The number of aromatic hydroxyl groups is 1. The predicted molar refractivity (Wildman–Crippen MR) is 70.2 cm³/mol. The molecule has 1 atom stereocenters. The highest BCUT2D eigenvalue weighted by atomic mass is 79.9. The van der Waals surface area contributed by atoms with Gasteiger partial charge in [-0.3, -0.25) is 0 Å². The second-order valence-corrected chi connectivity index (χ2v) is 4.09. The average molecular weight is 312 g/mol. The van der Waals surface area contributed by atoms with Crippen molar-refractivity contribution in [1.82, 2.24) is 0 Å². The monoisotopic (exact) mass is 310 g/mol. The Kier molecular flexibility index (Phi) is 6.74. The van der Waals surface area contributed by atoms with Gasteiger partial charge in [-0.2, -0.15) is 0 Å². The van der Waals surface area contributed by atoms with Gasteiger partial charge in [-0.25, -0.2) is 0 Å². The van der Waals surface area contributed by atoms with E-state index in [9.17, 15) is 5.11 Å². The van der Waals surface area contributed by atoms with Crippen molar-refractivity contribution in [2.24, 2.45) is 11.5 Å². The number of halogens is 2. The maximum Gasteiger partial charge on any atom is 0.172 e. The zero-order valence-electron chi connectivity index (χ0n) is 8.94. The van der Waals surface area contributed by atoms with Gasteiger partial charge in [0.2, 0.25) is 0 Å². The second kappa shape index (κ2) is 6.96. The third kappa shape index (κ3) is 3.52. The third-order valence-corrected chi connectivity index (χ3v) is 2.78. The van der Waals surface area contributed by atoms with E-state index in [2.05, 4.69) is 15.9 Å². The average Bonchev–Trinajstić information content (AvgIpc) is 2.22. The quantitative estimate of drug-likeness (QED) is 0.793. The first-order chi connectivity index (χ1) is 7.10. The zero-order chi connectivity index (χ0) is 11.4. The molecule has 0 aliphatic rings. The lowest BCUT2D eigenvalue weighted by Crippen LogP contribution is -2.15. The van der Waals surface area contributed by atoms with Gasteiger partial charge in [-0.1, -0.05) is 0 Å². The number of benzene rings is 1. The summed E-state index contributed by atoms with van der Waals surface area (Å²) in [7, 11) is 1.50. The number of ether oxygens (including phenoxy) is 1. The van der Waals surface area contributed by atoms with Crippen molar-refractivity contribution >= 4 is 28.3 Å². The van der Waals surface area contributed by atoms with Crippen molar-refractivity contribution in [3.63, 3.8) is 0 Å². The van der Waals surface area contributed by atoms with Gasteiger partial charge in [-0.15, -0.1) is 12.4 Å². The van der Waals surface area contributed by atoms with E-state index in [-0.39, 0.29) is 24.2 Å². The molecule has 0 aliphatic heterocycles. The van der Waals surface area contributed by atoms with E-state index in [0.29, 0.717) is 23.2 Å². The molecular formula is C10H16BrClN2O2. The predicted octanol–water partition coefficient (Wildman–Crippen LogP) is 1.93. The molecule has 0 aliphatic carbocycles. The summed E-state index contributed by atoms with van der Waals surface area (Å²) in [6.07, 6.45) is 0.695. The normalized spacial score (nSPS) is 11.8. The molecule has 0 heterocycles. The molecule has 0 aromatic heterocycles. The van der Waals surface area contributed by atoms with E-state index in [4.69, 9.17) is 16.2 Å². The molecule has 1 aromatic rings. The molecule has 16 heavy (non-hydrogen) atoms. The van der Waals surface area contributed by atoms with Gasteiger partial charge in [0, 0.05) is 6.04 Å². The number of rotatable bonds is 4. The van der Waals surface area contributed by atoms with Crippen LogP contribution in [0.5, 0.6) is 11.5 Å². The van der Waals surface area contributed by atoms with Crippen LogP contribution in [0.15, 0.2) is 16.6 Å². The first-order valence-electron chi connectivity index (χ1n) is 4.62. The smallest absolute Gasteiger partial charge is 0.172 e. The Morgan fingerprint density at radius 2 is 2.12 bits per heavy atom. The van der Waals surface area contributed by atoms with Crippen LogP contribution < -0.4 is 16.2 Å². The van der Waals surface area contributed by atoms with Crippen LogP contribution in [0.25, 0.3) is 0 Å². The van der Waals surface area contributed by atoms with Crippen LogP contribution in [-0.4, -0.2) is 18.8 Å². The van der Waals surface area contributed by atoms with E-state index in [0.717, 1.165) is 5.56 Å². The van der Waals surface area contributed by atoms with Gasteiger partial charge in [0.1, 0.15) is 0 Å². The zero-order valence-corrected chi connectivity index (χ0v) is 11.3. The SMILES string of the molecule is COc1cc([C@@H](N)CCN)cc(Br)c1O.Cl. The minimum atomic E-state index is -0.138. The van der Waals surface area contributed by atoms with E-state index < -0.39 is 0 Å². The Hall–Kier alpha value is -0.490. The third-order valence-electron chi connectivity index (χ3n) is 2.18. The van der Waals surface area contributed by atoms with Crippen molar-refractivity contribution in [2.75, 3.05) is 13.7 Å². The minimum Gasteiger partial charge on any atom is -0.503 e. The summed E-state index contributed by atoms with van der Waals surface area (Å²) >= 11 is 3.24. The molecule has 0 bridgehead atoms. The topological polar surface area (TPSA) is 81.5 Å². The van der Waals surface area contributed by atoms with Gasteiger partial charge in [0.05, 0.1) is 11.6 Å². The summed E-state index contributed by atoms with van der Waals surface area (Å²) in [5.74, 6) is 0.494. The van der Waals surface area contributed by atoms with E-state index in [1.54, 1.807) is 12.1 Å². The highest BCUT2D eigenvalue weighted by Crippen LogP contribution is 2.36. The second-order valence-electron chi connectivity index (χ2n) is 3.24. The van der Waals surface area contributed by atoms with Gasteiger partial charge in [0.15, 0.2) is 11.5 Å². The highest BCUT2D eigenvalue weighted by Gasteiger charge is 2.12. The van der Waals surface area contributed by atoms with Crippen molar-refractivity contribution in [1.29, 1.82) is 0 Å². The summed E-state index contributed by atoms with van der Waals surface area (Å²) in [5.41, 5.74) is 12.2. The Labute approximate surface area is 109 Å². The van der Waals surface area contributed by atoms with Crippen LogP contribution in [0, 0.1) is 0 Å². The highest BCUT2D eigenvalue weighted by molar-refractivity contribution is 9.10. The summed E-state index contributed by atoms with van der Waals surface area (Å²) in [6.45, 7) is 0.530. The first-order valence-corrected chi connectivity index (χ1v) is 5.41. The Bertz CT molecular complexity index is 350. The van der Waals surface area contributed by atoms with Crippen molar-refractivity contribution < 1.29 is 9.84 Å². The lowest BCUT2D eigenvalue weighted by Gasteiger charge is -2.14. The first kappa shape index (κ1) is 15.5. The summed E-state index contributed by atoms with van der Waals surface area (Å²) in [6, 6.07) is 3.36. The number of phenolic OH excluding ortho intramolecular Hbond substituents is 1. The fourth-order valence-electron chi connectivity index (χ4n) is 1.31. The van der Waals surface area contributed by atoms with Crippen molar-refractivity contribution in [3.05, 3.63) is 22.2 Å². The molecule has 92 valence electrons. The number of phenols is 1. The van der Waals surface area contributed by atoms with Crippen LogP contribution in [0.1, 0.15) is 18.0 Å². The molecule has 4 nitrogen and oxygen atoms in total. The minimum absolute atomic E-state index is 0. The maximum atomic E-state index is 9.60. The van der Waals surface area contributed by atoms with E-state index in [1.807, 2.05) is 0 Å². The van der Waals surface area contributed by atoms with E-state index >= 15 is 0 Å². The number of nitrogens with two attached hydrogens (primary N) is 2. The molecule has 0 spiro atoms. The van der Waals surface area contributed by atoms with Gasteiger partial charge >= 0.3 is 0 Å². The standard InChI is InChI=1S/C10H15BrN2O2.ClH/c1-15-9-5-6(8(13)2-3-12)4-7(11)10(9)14;/h4-5,8,14H,2-3,12-13H2,1H3;1H/t8-;/m0./s1. The van der Waals surface area contributed by atoms with Crippen molar-refractivity contribution in [2.45, 2.75) is 12.5 Å². The van der Waals surface area contributed by atoms with Crippen LogP contribution in [0.3, 0.4) is 0 Å². The van der Waals surface area contributed by atoms with Crippen LogP contribution in [-0.2, 0) is 0 Å². The molecule has 6 heteroatoms. The number of hydrogen-bond acceptors (Lipinski definition) is 4. The summed E-state index contributed by atoms with van der Waals surface area (Å²) in [4.78, 5) is 0. The molecule has 0 radical (unpaired) electrons. The lowest BCUT2D eigenvalue weighted by molar-refractivity contribution is 0.371. The summed E-state index contributed by atoms with van der Waals surface area (Å²) in [5, 5.41) is 9.60. The largest absolute Gasteiger partial charge is 0.503 e. The number of methoxy groups -OCH3 is 1. The van der Waals surface area contributed by atoms with Gasteiger partial charge < -0.3 is 21.3 Å². The molecule has 0 unspecified atom stereocenters. The van der Waals surface area contributed by atoms with Gasteiger partial charge in [0.25, 0.3) is 0 Å². The molecule has 1 rings (SSSR count). The molecule has 0 saturated carbocycles. The van der Waals surface area contributed by atoms with Gasteiger partial charge in [-0.05, 0) is 46.6 Å².